The summed E-state index contributed by atoms with van der Waals surface area (Å²) in [6.07, 6.45) is 1.61. The van der Waals surface area contributed by atoms with Crippen molar-refractivity contribution in [3.8, 4) is 11.1 Å². The van der Waals surface area contributed by atoms with Crippen LogP contribution in [0.3, 0.4) is 0 Å². The molecule has 0 aliphatic carbocycles. The second-order valence-electron chi connectivity index (χ2n) is 7.10. The van der Waals surface area contributed by atoms with Gasteiger partial charge in [-0.2, -0.15) is 0 Å². The van der Waals surface area contributed by atoms with Crippen LogP contribution in [0.2, 0.25) is 0 Å². The summed E-state index contributed by atoms with van der Waals surface area (Å²) in [5.74, 6) is -2.25. The minimum Gasteiger partial charge on any atom is -0.366 e. The third-order valence-electron chi connectivity index (χ3n) is 5.03. The average molecular weight is 382 g/mol. The third-order valence-corrected chi connectivity index (χ3v) is 5.03. The molecule has 0 saturated heterocycles. The van der Waals surface area contributed by atoms with Crippen LogP contribution >= 0.6 is 0 Å². The number of amides is 1. The summed E-state index contributed by atoms with van der Waals surface area (Å²) in [5.41, 5.74) is 11.4. The number of carbonyl (C=O) groups is 1. The second kappa shape index (κ2) is 7.97. The fourth-order valence-electron chi connectivity index (χ4n) is 3.66. The van der Waals surface area contributed by atoms with Crippen molar-refractivity contribution in [1.82, 2.24) is 4.57 Å². The van der Waals surface area contributed by atoms with Crippen molar-refractivity contribution < 1.29 is 13.6 Å². The molecule has 0 atom stereocenters. The highest BCUT2D eigenvalue weighted by atomic mass is 19.2. The van der Waals surface area contributed by atoms with Gasteiger partial charge in [0.1, 0.15) is 0 Å². The van der Waals surface area contributed by atoms with Crippen molar-refractivity contribution >= 4 is 5.91 Å². The molecular formula is C23H24F2N2O. The molecule has 1 amide bonds. The van der Waals surface area contributed by atoms with Crippen LogP contribution in [-0.4, -0.2) is 10.5 Å². The van der Waals surface area contributed by atoms with Crippen molar-refractivity contribution in [2.75, 3.05) is 0 Å². The molecule has 0 radical (unpaired) electrons. The molecule has 1 aromatic heterocycles. The summed E-state index contributed by atoms with van der Waals surface area (Å²) in [5, 5.41) is 0. The normalized spacial score (nSPS) is 11.0. The first-order valence-corrected chi connectivity index (χ1v) is 9.36. The average Bonchev–Trinajstić information content (AvgIpc) is 2.92. The maximum atomic E-state index is 13.7. The molecule has 0 unspecified atom stereocenters. The van der Waals surface area contributed by atoms with E-state index in [1.807, 2.05) is 42.7 Å². The molecule has 0 fully saturated rings. The molecule has 0 spiro atoms. The minimum absolute atomic E-state index is 0.338. The number of hydrogen-bond acceptors (Lipinski definition) is 1. The van der Waals surface area contributed by atoms with Crippen molar-refractivity contribution in [2.24, 2.45) is 5.73 Å². The van der Waals surface area contributed by atoms with E-state index in [0.717, 1.165) is 47.0 Å². The molecule has 2 N–H and O–H groups in total. The Morgan fingerprint density at radius 1 is 1.04 bits per heavy atom. The number of nitrogens with two attached hydrogens (primary N) is 1. The number of halogens is 2. The number of primary amides is 1. The van der Waals surface area contributed by atoms with Crippen LogP contribution in [0.5, 0.6) is 0 Å². The molecule has 1 heterocycles. The molecule has 3 nitrogen and oxygen atoms in total. The van der Waals surface area contributed by atoms with Crippen LogP contribution in [-0.2, 0) is 13.0 Å². The lowest BCUT2D eigenvalue weighted by Gasteiger charge is -2.13. The zero-order chi connectivity index (χ0) is 20.4. The largest absolute Gasteiger partial charge is 0.366 e. The highest BCUT2D eigenvalue weighted by molar-refractivity contribution is 6.02. The van der Waals surface area contributed by atoms with Gasteiger partial charge in [0.05, 0.1) is 5.56 Å². The SMILES string of the molecule is CCCc1c(-c2ccc(C)cc2)c(C(N)=O)c(C)n1Cc1ccc(F)c(F)c1. The van der Waals surface area contributed by atoms with Gasteiger partial charge < -0.3 is 10.3 Å². The third kappa shape index (κ3) is 3.70. The number of carbonyl (C=O) groups excluding carboxylic acids is 1. The van der Waals surface area contributed by atoms with Crippen molar-refractivity contribution in [3.63, 3.8) is 0 Å². The molecule has 3 rings (SSSR count). The Hall–Kier alpha value is -2.95. The maximum absolute atomic E-state index is 13.7. The van der Waals surface area contributed by atoms with Crippen molar-refractivity contribution in [3.05, 3.63) is 82.2 Å². The van der Waals surface area contributed by atoms with Crippen LogP contribution in [0.25, 0.3) is 11.1 Å². The van der Waals surface area contributed by atoms with Gasteiger partial charge in [0, 0.05) is 23.5 Å². The van der Waals surface area contributed by atoms with E-state index >= 15 is 0 Å². The van der Waals surface area contributed by atoms with Gasteiger partial charge in [0.25, 0.3) is 5.91 Å². The number of aryl methyl sites for hydroxylation is 1. The van der Waals surface area contributed by atoms with E-state index < -0.39 is 17.5 Å². The molecule has 3 aromatic rings. The van der Waals surface area contributed by atoms with Crippen molar-refractivity contribution in [1.29, 1.82) is 0 Å². The summed E-state index contributed by atoms with van der Waals surface area (Å²) in [6, 6.07) is 11.8. The van der Waals surface area contributed by atoms with E-state index in [0.29, 0.717) is 17.7 Å². The van der Waals surface area contributed by atoms with Gasteiger partial charge in [-0.3, -0.25) is 4.79 Å². The maximum Gasteiger partial charge on any atom is 0.251 e. The van der Waals surface area contributed by atoms with Crippen LogP contribution in [0.15, 0.2) is 42.5 Å². The Bertz CT molecular complexity index is 1020. The van der Waals surface area contributed by atoms with Crippen LogP contribution < -0.4 is 5.73 Å². The summed E-state index contributed by atoms with van der Waals surface area (Å²) in [4.78, 5) is 12.3. The predicted octanol–water partition coefficient (Wildman–Crippen LogP) is 5.15. The van der Waals surface area contributed by atoms with E-state index in [1.54, 1.807) is 6.07 Å². The van der Waals surface area contributed by atoms with E-state index in [1.165, 1.54) is 6.07 Å². The monoisotopic (exact) mass is 382 g/mol. The molecule has 0 aliphatic rings. The topological polar surface area (TPSA) is 48.0 Å². The number of hydrogen-bond donors (Lipinski definition) is 1. The molecule has 146 valence electrons. The first-order chi connectivity index (χ1) is 13.3. The highest BCUT2D eigenvalue weighted by Gasteiger charge is 2.24. The standard InChI is InChI=1S/C23H24F2N2O/c1-4-5-20-22(17-9-6-14(2)7-10-17)21(23(26)28)15(3)27(20)13-16-8-11-18(24)19(25)12-16/h6-12H,4-5,13H2,1-3H3,(H2,26,28). The van der Waals surface area contributed by atoms with Gasteiger partial charge in [-0.1, -0.05) is 49.2 Å². The Morgan fingerprint density at radius 2 is 1.71 bits per heavy atom. The summed E-state index contributed by atoms with van der Waals surface area (Å²) in [7, 11) is 0. The van der Waals surface area contributed by atoms with Gasteiger partial charge in [-0.25, -0.2) is 8.78 Å². The zero-order valence-electron chi connectivity index (χ0n) is 16.4. The quantitative estimate of drug-likeness (QED) is 0.630. The Kier molecular flexibility index (Phi) is 5.63. The van der Waals surface area contributed by atoms with Crippen LogP contribution in [0.4, 0.5) is 8.78 Å². The molecular weight excluding hydrogens is 358 g/mol. The molecule has 2 aromatic carbocycles. The first kappa shape index (κ1) is 19.8. The van der Waals surface area contributed by atoms with E-state index in [9.17, 15) is 13.6 Å². The van der Waals surface area contributed by atoms with E-state index in [-0.39, 0.29) is 0 Å². The summed E-state index contributed by atoms with van der Waals surface area (Å²) >= 11 is 0. The highest BCUT2D eigenvalue weighted by Crippen LogP contribution is 2.34. The number of nitrogens with zero attached hydrogens (tertiary/aromatic N) is 1. The molecule has 28 heavy (non-hydrogen) atoms. The van der Waals surface area contributed by atoms with Crippen LogP contribution in [0, 0.1) is 25.5 Å². The summed E-state index contributed by atoms with van der Waals surface area (Å²) < 4.78 is 29.0. The zero-order valence-corrected chi connectivity index (χ0v) is 16.4. The smallest absolute Gasteiger partial charge is 0.251 e. The minimum atomic E-state index is -0.881. The summed E-state index contributed by atoms with van der Waals surface area (Å²) in [6.45, 7) is 6.25. The van der Waals surface area contributed by atoms with Gasteiger partial charge in [0.2, 0.25) is 0 Å². The molecule has 0 aliphatic heterocycles. The van der Waals surface area contributed by atoms with E-state index in [2.05, 4.69) is 6.92 Å². The second-order valence-corrected chi connectivity index (χ2v) is 7.10. The van der Waals surface area contributed by atoms with E-state index in [4.69, 9.17) is 5.73 Å². The van der Waals surface area contributed by atoms with Crippen LogP contribution in [0.1, 0.15) is 46.2 Å². The molecule has 5 heteroatoms. The fraction of sp³-hybridized carbons (Fsp3) is 0.261. The van der Waals surface area contributed by atoms with Gasteiger partial charge in [-0.15, -0.1) is 0 Å². The lowest BCUT2D eigenvalue weighted by atomic mass is 9.97. The molecule has 0 bridgehead atoms. The Labute approximate surface area is 163 Å². The Balaban J connectivity index is 2.21. The van der Waals surface area contributed by atoms with Crippen molar-refractivity contribution in [2.45, 2.75) is 40.2 Å². The molecule has 0 saturated carbocycles. The number of rotatable bonds is 6. The van der Waals surface area contributed by atoms with Gasteiger partial charge in [-0.05, 0) is 43.5 Å². The fourth-order valence-corrected chi connectivity index (χ4v) is 3.66. The predicted molar refractivity (Wildman–Crippen MR) is 107 cm³/mol. The first-order valence-electron chi connectivity index (χ1n) is 9.36. The lowest BCUT2D eigenvalue weighted by molar-refractivity contribution is 0.1000. The van der Waals surface area contributed by atoms with Gasteiger partial charge >= 0.3 is 0 Å². The number of benzene rings is 2. The van der Waals surface area contributed by atoms with Gasteiger partial charge in [0.15, 0.2) is 11.6 Å². The number of aromatic nitrogens is 1. The Morgan fingerprint density at radius 3 is 2.29 bits per heavy atom. The lowest BCUT2D eigenvalue weighted by Crippen LogP contribution is -2.13.